The molecule has 1 aromatic rings. The Morgan fingerprint density at radius 1 is 1.20 bits per heavy atom. The van der Waals surface area contributed by atoms with Crippen LogP contribution < -0.4 is 0 Å². The Hall–Kier alpha value is -1.83. The first-order valence-electron chi connectivity index (χ1n) is 10.5. The maximum absolute atomic E-state index is 12.8. The lowest BCUT2D eigenvalue weighted by atomic mass is 9.47. The van der Waals surface area contributed by atoms with Crippen LogP contribution in [0.4, 0.5) is 13.2 Å². The Morgan fingerprint density at radius 2 is 1.83 bits per heavy atom. The lowest BCUT2D eigenvalue weighted by Gasteiger charge is -2.60. The van der Waals surface area contributed by atoms with Crippen molar-refractivity contribution in [3.8, 4) is 0 Å². The first-order chi connectivity index (χ1) is 13.9. The van der Waals surface area contributed by atoms with Crippen LogP contribution in [0.15, 0.2) is 6.07 Å². The molecule has 0 amide bonds. The Bertz CT molecular complexity index is 858. The van der Waals surface area contributed by atoms with Crippen molar-refractivity contribution in [2.24, 2.45) is 17.3 Å². The molecule has 1 N–H and O–H groups in total. The van der Waals surface area contributed by atoms with Crippen molar-refractivity contribution < 1.29 is 32.6 Å². The fourth-order valence-corrected chi connectivity index (χ4v) is 6.70. The van der Waals surface area contributed by atoms with Crippen LogP contribution in [-0.2, 0) is 16.1 Å². The molecule has 8 heteroatoms. The van der Waals surface area contributed by atoms with Gasteiger partial charge in [-0.1, -0.05) is 0 Å². The van der Waals surface area contributed by atoms with Crippen LogP contribution in [0.3, 0.4) is 0 Å². The second kappa shape index (κ2) is 7.11. The summed E-state index contributed by atoms with van der Waals surface area (Å²) in [6.07, 6.45) is 0.964. The maximum atomic E-state index is 12.8. The molecule has 4 atom stereocenters. The highest BCUT2D eigenvalue weighted by Gasteiger charge is 2.57. The first kappa shape index (κ1) is 21.4. The summed E-state index contributed by atoms with van der Waals surface area (Å²) in [4.78, 5) is 25.0. The highest BCUT2D eigenvalue weighted by molar-refractivity contribution is 5.99. The zero-order chi connectivity index (χ0) is 21.9. The van der Waals surface area contributed by atoms with Crippen LogP contribution in [0.25, 0.3) is 0 Å². The predicted molar refractivity (Wildman–Crippen MR) is 102 cm³/mol. The highest BCUT2D eigenvalue weighted by atomic mass is 19.4. The molecule has 0 radical (unpaired) electrons. The monoisotopic (exact) mass is 427 g/mol. The number of carbonyl (C=O) groups excluding carboxylic acids is 2. The van der Waals surface area contributed by atoms with Crippen molar-refractivity contribution in [3.05, 3.63) is 23.0 Å². The van der Waals surface area contributed by atoms with Crippen molar-refractivity contribution in [2.75, 3.05) is 6.61 Å². The van der Waals surface area contributed by atoms with Crippen molar-refractivity contribution >= 4 is 11.8 Å². The number of halogens is 3. The summed E-state index contributed by atoms with van der Waals surface area (Å²) in [5.74, 6) is -0.0820. The fourth-order valence-electron chi connectivity index (χ4n) is 6.70. The molecule has 1 heterocycles. The smallest absolute Gasteiger partial charge is 0.406 e. The van der Waals surface area contributed by atoms with Gasteiger partial charge in [-0.15, -0.1) is 0 Å². The summed E-state index contributed by atoms with van der Waals surface area (Å²) < 4.78 is 44.5. The molecule has 0 saturated heterocycles. The number of esters is 1. The molecular formula is C22H28F3NO4. The zero-order valence-electron chi connectivity index (χ0n) is 17.3. The van der Waals surface area contributed by atoms with Crippen molar-refractivity contribution in [1.82, 2.24) is 4.57 Å². The topological polar surface area (TPSA) is 68.5 Å². The number of aliphatic hydroxyl groups is 1. The van der Waals surface area contributed by atoms with E-state index in [2.05, 4.69) is 0 Å². The van der Waals surface area contributed by atoms with Crippen molar-refractivity contribution in [2.45, 2.75) is 77.1 Å². The summed E-state index contributed by atoms with van der Waals surface area (Å²) in [5.41, 5.74) is -0.221. The number of hydrogen-bond acceptors (Lipinski definition) is 4. The molecule has 4 fully saturated rings. The van der Waals surface area contributed by atoms with Crippen LogP contribution in [0.1, 0.15) is 66.7 Å². The minimum Gasteiger partial charge on any atom is -0.457 e. The molecule has 4 bridgehead atoms. The van der Waals surface area contributed by atoms with Gasteiger partial charge < -0.3 is 14.4 Å². The quantitative estimate of drug-likeness (QED) is 0.548. The third-order valence-electron chi connectivity index (χ3n) is 7.25. The van der Waals surface area contributed by atoms with Gasteiger partial charge in [-0.3, -0.25) is 9.59 Å². The molecular weight excluding hydrogens is 399 g/mol. The van der Waals surface area contributed by atoms with E-state index in [1.165, 1.54) is 19.9 Å². The van der Waals surface area contributed by atoms with Crippen LogP contribution >= 0.6 is 0 Å². The summed E-state index contributed by atoms with van der Waals surface area (Å²) in [6, 6.07) is 1.41. The van der Waals surface area contributed by atoms with Gasteiger partial charge in [-0.05, 0) is 75.7 Å². The number of aryl methyl sites for hydroxylation is 1. The predicted octanol–water partition coefficient (Wildman–Crippen LogP) is 4.11. The van der Waals surface area contributed by atoms with Gasteiger partial charge in [0.25, 0.3) is 0 Å². The molecule has 4 aliphatic carbocycles. The number of carbonyl (C=O) groups is 2. The average Bonchev–Trinajstić information content (AvgIpc) is 2.84. The second-order valence-corrected chi connectivity index (χ2v) is 9.93. The molecule has 166 valence electrons. The largest absolute Gasteiger partial charge is 0.457 e. The van der Waals surface area contributed by atoms with E-state index in [1.807, 2.05) is 0 Å². The van der Waals surface area contributed by atoms with Crippen molar-refractivity contribution in [1.29, 1.82) is 0 Å². The summed E-state index contributed by atoms with van der Waals surface area (Å²) in [7, 11) is 0. The van der Waals surface area contributed by atoms with E-state index in [0.29, 0.717) is 24.0 Å². The molecule has 4 aliphatic rings. The van der Waals surface area contributed by atoms with Gasteiger partial charge in [0, 0.05) is 17.0 Å². The number of alkyl halides is 3. The highest BCUT2D eigenvalue weighted by Crippen LogP contribution is 2.62. The molecule has 5 nitrogen and oxygen atoms in total. The fraction of sp³-hybridized carbons (Fsp3) is 0.727. The van der Waals surface area contributed by atoms with E-state index < -0.39 is 36.7 Å². The summed E-state index contributed by atoms with van der Waals surface area (Å²) in [5, 5.41) is 10.8. The number of hydrogen-bond donors (Lipinski definition) is 1. The Morgan fingerprint density at radius 3 is 2.40 bits per heavy atom. The molecule has 5 rings (SSSR count). The Balaban J connectivity index is 1.37. The normalized spacial score (nSPS) is 32.5. The van der Waals surface area contributed by atoms with E-state index >= 15 is 0 Å². The number of ether oxygens (including phenoxy) is 1. The Kier molecular flexibility index (Phi) is 5.07. The third-order valence-corrected chi connectivity index (χ3v) is 7.25. The van der Waals surface area contributed by atoms with Gasteiger partial charge in [-0.2, -0.15) is 13.2 Å². The molecule has 0 spiro atoms. The van der Waals surface area contributed by atoms with E-state index in [0.717, 1.165) is 36.7 Å². The minimum absolute atomic E-state index is 0.147. The SMILES string of the molecule is Cc1cc(C(=O)COC(=O)CC23C[C@@H]4C[C@@H](CC(O)(C4)C2)C3)c(C)n1CC(F)(F)F. The van der Waals surface area contributed by atoms with Gasteiger partial charge in [-0.25, -0.2) is 0 Å². The third kappa shape index (κ3) is 4.15. The van der Waals surface area contributed by atoms with Gasteiger partial charge in [0.1, 0.15) is 6.54 Å². The van der Waals surface area contributed by atoms with Crippen molar-refractivity contribution in [3.63, 3.8) is 0 Å². The molecule has 1 aromatic heterocycles. The zero-order valence-corrected chi connectivity index (χ0v) is 17.3. The van der Waals surface area contributed by atoms with Crippen LogP contribution in [-0.4, -0.2) is 39.8 Å². The number of rotatable bonds is 6. The van der Waals surface area contributed by atoms with Gasteiger partial charge >= 0.3 is 12.1 Å². The first-order valence-corrected chi connectivity index (χ1v) is 10.5. The maximum Gasteiger partial charge on any atom is 0.406 e. The van der Waals surface area contributed by atoms with Gasteiger partial charge in [0.2, 0.25) is 5.78 Å². The van der Waals surface area contributed by atoms with E-state index in [9.17, 15) is 27.9 Å². The van der Waals surface area contributed by atoms with E-state index in [4.69, 9.17) is 4.74 Å². The van der Waals surface area contributed by atoms with E-state index in [1.54, 1.807) is 0 Å². The van der Waals surface area contributed by atoms with Crippen LogP contribution in [0.2, 0.25) is 0 Å². The lowest BCUT2D eigenvalue weighted by molar-refractivity contribution is -0.176. The molecule has 0 aliphatic heterocycles. The number of Topliss-reactive ketones (excluding diaryl/α,β-unsaturated/α-hetero) is 1. The molecule has 4 saturated carbocycles. The number of aromatic nitrogens is 1. The number of ketones is 1. The molecule has 2 unspecified atom stereocenters. The lowest BCUT2D eigenvalue weighted by Crippen LogP contribution is -2.56. The van der Waals surface area contributed by atoms with Crippen LogP contribution in [0.5, 0.6) is 0 Å². The molecule has 0 aromatic carbocycles. The molecule has 30 heavy (non-hydrogen) atoms. The average molecular weight is 427 g/mol. The van der Waals surface area contributed by atoms with Crippen LogP contribution in [0, 0.1) is 31.1 Å². The number of nitrogens with zero attached hydrogens (tertiary/aromatic N) is 1. The second-order valence-electron chi connectivity index (χ2n) is 9.93. The minimum atomic E-state index is -4.39. The van der Waals surface area contributed by atoms with Gasteiger partial charge in [0.15, 0.2) is 6.61 Å². The summed E-state index contributed by atoms with van der Waals surface area (Å²) in [6.45, 7) is 1.33. The standard InChI is InChI=1S/C22H28F3NO4/c1-13-3-17(14(2)26(13)12-22(23,24)25)18(27)10-30-19(28)9-20-5-15-4-16(6-20)8-21(29,7-15)11-20/h3,15-16,29H,4-12H2,1-2H3/t15-,16+,20?,21?. The van der Waals surface area contributed by atoms with Gasteiger partial charge in [0.05, 0.1) is 12.0 Å². The van der Waals surface area contributed by atoms with E-state index in [-0.39, 0.29) is 23.1 Å². The summed E-state index contributed by atoms with van der Waals surface area (Å²) >= 11 is 0. The Labute approximate surface area is 173 Å².